The Morgan fingerprint density at radius 3 is 2.64 bits per heavy atom. The van der Waals surface area contributed by atoms with Crippen LogP contribution in [0.1, 0.15) is 31.2 Å². The lowest BCUT2D eigenvalue weighted by molar-refractivity contribution is 0.271. The lowest BCUT2D eigenvalue weighted by Crippen LogP contribution is -2.32. The van der Waals surface area contributed by atoms with Gasteiger partial charge in [0.05, 0.1) is 0 Å². The van der Waals surface area contributed by atoms with E-state index in [1.165, 1.54) is 0 Å². The Labute approximate surface area is 168 Å². The monoisotopic (exact) mass is 397 g/mol. The summed E-state index contributed by atoms with van der Waals surface area (Å²) in [5.41, 5.74) is 0.292. The Bertz CT molecular complexity index is 979. The zero-order chi connectivity index (χ0) is 19.5. The van der Waals surface area contributed by atoms with Gasteiger partial charge in [-0.1, -0.05) is 18.5 Å². The largest absolute Gasteiger partial charge is 0.486 e. The number of hydrogen-bond acceptors (Lipinski definition) is 6. The van der Waals surface area contributed by atoms with Crippen molar-refractivity contribution in [1.29, 1.82) is 5.26 Å². The molecule has 28 heavy (non-hydrogen) atoms. The number of benzene rings is 1. The quantitative estimate of drug-likeness (QED) is 0.583. The summed E-state index contributed by atoms with van der Waals surface area (Å²) in [6.45, 7) is 4.24. The highest BCUT2D eigenvalue weighted by molar-refractivity contribution is 6.30. The van der Waals surface area contributed by atoms with Crippen molar-refractivity contribution in [3.63, 3.8) is 0 Å². The second-order valence-corrected chi connectivity index (χ2v) is 7.40. The van der Waals surface area contributed by atoms with Crippen molar-refractivity contribution in [3.8, 4) is 23.5 Å². The third kappa shape index (κ3) is 4.00. The van der Waals surface area contributed by atoms with Gasteiger partial charge >= 0.3 is 0 Å². The summed E-state index contributed by atoms with van der Waals surface area (Å²) in [5, 5.41) is 10.1. The average molecular weight is 398 g/mol. The maximum atomic E-state index is 9.44. The van der Waals surface area contributed by atoms with Crippen LogP contribution in [-0.2, 0) is 6.61 Å². The van der Waals surface area contributed by atoms with Crippen molar-refractivity contribution < 1.29 is 13.6 Å². The molecule has 1 aromatic carbocycles. The van der Waals surface area contributed by atoms with Gasteiger partial charge in [0.2, 0.25) is 11.6 Å². The number of oxazole rings is 1. The number of nitriles is 1. The second-order valence-electron chi connectivity index (χ2n) is 6.96. The van der Waals surface area contributed by atoms with E-state index >= 15 is 0 Å². The first-order valence-corrected chi connectivity index (χ1v) is 9.63. The lowest BCUT2D eigenvalue weighted by Gasteiger charge is -2.29. The van der Waals surface area contributed by atoms with E-state index in [4.69, 9.17) is 25.2 Å². The molecule has 6 nitrogen and oxygen atoms in total. The molecule has 3 aromatic rings. The van der Waals surface area contributed by atoms with Crippen molar-refractivity contribution >= 4 is 17.5 Å². The van der Waals surface area contributed by atoms with Crippen LogP contribution in [0.4, 0.5) is 5.88 Å². The first-order chi connectivity index (χ1) is 13.6. The van der Waals surface area contributed by atoms with Crippen molar-refractivity contribution in [2.45, 2.75) is 26.4 Å². The van der Waals surface area contributed by atoms with Crippen molar-refractivity contribution in [2.75, 3.05) is 18.0 Å². The molecule has 0 bridgehead atoms. The van der Waals surface area contributed by atoms with Crippen molar-refractivity contribution in [3.05, 3.63) is 52.9 Å². The molecule has 4 rings (SSSR count). The minimum absolute atomic E-state index is 0.268. The third-order valence-electron chi connectivity index (χ3n) is 4.85. The maximum absolute atomic E-state index is 9.44. The van der Waals surface area contributed by atoms with Crippen molar-refractivity contribution in [1.82, 2.24) is 4.98 Å². The van der Waals surface area contributed by atoms with Crippen molar-refractivity contribution in [2.24, 2.45) is 5.92 Å². The number of anilines is 1. The molecule has 0 atom stereocenters. The summed E-state index contributed by atoms with van der Waals surface area (Å²) in [6.07, 6.45) is 2.15. The van der Waals surface area contributed by atoms with Gasteiger partial charge in [0.15, 0.2) is 5.76 Å². The van der Waals surface area contributed by atoms with E-state index in [0.717, 1.165) is 25.9 Å². The van der Waals surface area contributed by atoms with E-state index in [1.807, 2.05) is 6.07 Å². The van der Waals surface area contributed by atoms with Crippen LogP contribution in [0.5, 0.6) is 5.75 Å². The number of halogens is 1. The summed E-state index contributed by atoms with van der Waals surface area (Å²) >= 11 is 5.87. The standard InChI is InChI=1S/C21H20ClN3O3/c1-14-8-10-25(11-9-14)21-18(12-23)24-20(28-21)19-7-6-17(27-19)13-26-16-4-2-15(22)3-5-16/h2-7,14H,8-11,13H2,1H3. The fraction of sp³-hybridized carbons (Fsp3) is 0.333. The van der Waals surface area contributed by atoms with Gasteiger partial charge in [-0.25, -0.2) is 0 Å². The van der Waals surface area contributed by atoms with Gasteiger partial charge in [0, 0.05) is 18.1 Å². The molecule has 0 spiro atoms. The van der Waals surface area contributed by atoms with E-state index in [0.29, 0.717) is 45.7 Å². The fourth-order valence-corrected chi connectivity index (χ4v) is 3.30. The SMILES string of the molecule is CC1CCN(c2oc(-c3ccc(COc4ccc(Cl)cc4)o3)nc2C#N)CC1. The molecule has 0 aliphatic carbocycles. The van der Waals surface area contributed by atoms with Gasteiger partial charge < -0.3 is 18.5 Å². The lowest BCUT2D eigenvalue weighted by atomic mass is 9.99. The van der Waals surface area contributed by atoms with Gasteiger partial charge in [-0.3, -0.25) is 0 Å². The first kappa shape index (κ1) is 18.5. The summed E-state index contributed by atoms with van der Waals surface area (Å²) in [5.74, 6) is 3.34. The summed E-state index contributed by atoms with van der Waals surface area (Å²) in [6, 6.07) is 12.8. The van der Waals surface area contributed by atoms with Crippen LogP contribution in [0.3, 0.4) is 0 Å². The summed E-state index contributed by atoms with van der Waals surface area (Å²) in [4.78, 5) is 6.40. The average Bonchev–Trinajstić information content (AvgIpc) is 3.35. The number of aromatic nitrogens is 1. The van der Waals surface area contributed by atoms with Gasteiger partial charge in [0.1, 0.15) is 24.2 Å². The van der Waals surface area contributed by atoms with Crippen LogP contribution < -0.4 is 9.64 Å². The van der Waals surface area contributed by atoms with Crippen LogP contribution in [0, 0.1) is 17.2 Å². The third-order valence-corrected chi connectivity index (χ3v) is 5.11. The normalized spacial score (nSPS) is 14.8. The molecule has 0 radical (unpaired) electrons. The minimum Gasteiger partial charge on any atom is -0.486 e. The smallest absolute Gasteiger partial charge is 0.266 e. The molecule has 0 unspecified atom stereocenters. The highest BCUT2D eigenvalue weighted by Crippen LogP contribution is 2.32. The highest BCUT2D eigenvalue weighted by Gasteiger charge is 2.25. The van der Waals surface area contributed by atoms with E-state index in [-0.39, 0.29) is 6.61 Å². The number of nitrogens with zero attached hydrogens (tertiary/aromatic N) is 3. The van der Waals surface area contributed by atoms with Crippen LogP contribution in [-0.4, -0.2) is 18.1 Å². The van der Waals surface area contributed by atoms with Crippen LogP contribution in [0.15, 0.2) is 45.2 Å². The van der Waals surface area contributed by atoms with Gasteiger partial charge in [-0.2, -0.15) is 10.2 Å². The van der Waals surface area contributed by atoms with Gasteiger partial charge in [-0.15, -0.1) is 0 Å². The van der Waals surface area contributed by atoms with E-state index in [2.05, 4.69) is 22.9 Å². The maximum Gasteiger partial charge on any atom is 0.266 e. The topological polar surface area (TPSA) is 75.4 Å². The predicted octanol–water partition coefficient (Wildman–Crippen LogP) is 5.27. The minimum atomic E-state index is 0.268. The second kappa shape index (κ2) is 7.99. The Kier molecular flexibility index (Phi) is 5.27. The molecule has 3 heterocycles. The molecule has 1 saturated heterocycles. The van der Waals surface area contributed by atoms with Crippen LogP contribution in [0.25, 0.3) is 11.7 Å². The Balaban J connectivity index is 1.47. The molecule has 7 heteroatoms. The molecule has 0 saturated carbocycles. The first-order valence-electron chi connectivity index (χ1n) is 9.25. The molecule has 0 amide bonds. The number of rotatable bonds is 5. The van der Waals surface area contributed by atoms with Crippen LogP contribution in [0.2, 0.25) is 5.02 Å². The Hall–Kier alpha value is -2.91. The molecular weight excluding hydrogens is 378 g/mol. The number of ether oxygens (including phenoxy) is 1. The molecule has 1 aliphatic heterocycles. The molecule has 144 valence electrons. The van der Waals surface area contributed by atoms with E-state index in [9.17, 15) is 5.26 Å². The number of piperidine rings is 1. The van der Waals surface area contributed by atoms with Crippen LogP contribution >= 0.6 is 11.6 Å². The molecule has 2 aromatic heterocycles. The number of furan rings is 1. The summed E-state index contributed by atoms with van der Waals surface area (Å²) in [7, 11) is 0. The Morgan fingerprint density at radius 1 is 1.18 bits per heavy atom. The fourth-order valence-electron chi connectivity index (χ4n) is 3.17. The molecule has 1 fully saturated rings. The highest BCUT2D eigenvalue weighted by atomic mass is 35.5. The molecule has 0 N–H and O–H groups in total. The predicted molar refractivity (Wildman–Crippen MR) is 105 cm³/mol. The van der Waals surface area contributed by atoms with E-state index in [1.54, 1.807) is 30.3 Å². The van der Waals surface area contributed by atoms with Gasteiger partial charge in [-0.05, 0) is 55.2 Å². The molecule has 1 aliphatic rings. The molecular formula is C21H20ClN3O3. The Morgan fingerprint density at radius 2 is 1.93 bits per heavy atom. The summed E-state index contributed by atoms with van der Waals surface area (Å²) < 4.78 is 17.4. The van der Waals surface area contributed by atoms with Gasteiger partial charge in [0.25, 0.3) is 5.89 Å². The zero-order valence-corrected chi connectivity index (χ0v) is 16.3. The zero-order valence-electron chi connectivity index (χ0n) is 15.5. The number of hydrogen-bond donors (Lipinski definition) is 0. The van der Waals surface area contributed by atoms with E-state index < -0.39 is 0 Å².